The zero-order chi connectivity index (χ0) is 5.54. The van der Waals surface area contributed by atoms with Gasteiger partial charge in [0.2, 0.25) is 0 Å². The van der Waals surface area contributed by atoms with E-state index in [4.69, 9.17) is 0 Å². The van der Waals surface area contributed by atoms with Gasteiger partial charge in [-0.2, -0.15) is 6.42 Å². The molecule has 0 rings (SSSR count). The summed E-state index contributed by atoms with van der Waals surface area (Å²) in [5, 5.41) is 0. The zero-order valence-corrected chi connectivity index (χ0v) is 7.30. The predicted octanol–water partition coefficient (Wildman–Crippen LogP) is 2.79. The average Bonchev–Trinajstić information content (AvgIpc) is 1.69. The maximum absolute atomic E-state index is 3.76. The fourth-order valence-electron chi connectivity index (χ4n) is 0.604. The van der Waals surface area contributed by atoms with E-state index >= 15 is 0 Å². The van der Waals surface area contributed by atoms with Crippen molar-refractivity contribution in [1.82, 2.24) is 0 Å². The van der Waals surface area contributed by atoms with Gasteiger partial charge in [-0.15, -0.1) is 0 Å². The van der Waals surface area contributed by atoms with Crippen molar-refractivity contribution < 1.29 is 21.7 Å². The van der Waals surface area contributed by atoms with Crippen molar-refractivity contribution in [3.63, 3.8) is 0 Å². The fraction of sp³-hybridized carbons (Fsp3) is 0.857. The van der Waals surface area contributed by atoms with Crippen LogP contribution >= 0.6 is 0 Å². The van der Waals surface area contributed by atoms with E-state index in [2.05, 4.69) is 13.8 Å². The van der Waals surface area contributed by atoms with Crippen LogP contribution in [0.15, 0.2) is 0 Å². The second-order valence-electron chi connectivity index (χ2n) is 1.91. The molecule has 0 aromatic carbocycles. The van der Waals surface area contributed by atoms with Crippen LogP contribution in [0.3, 0.4) is 0 Å². The topological polar surface area (TPSA) is 0 Å². The normalized spacial score (nSPS) is 8.25. The largest absolute Gasteiger partial charge is 0.343 e. The Morgan fingerprint density at radius 2 is 1.75 bits per heavy atom. The molecule has 48 valence electrons. The molecule has 0 unspecified atom stereocenters. The Bertz CT molecular complexity index is 23.6. The summed E-state index contributed by atoms with van der Waals surface area (Å²) < 4.78 is 0. The summed E-state index contributed by atoms with van der Waals surface area (Å²) in [6.07, 6.45) is 6.52. The average molecular weight is 147 g/mol. The van der Waals surface area contributed by atoms with Crippen LogP contribution in [-0.4, -0.2) is 0 Å². The van der Waals surface area contributed by atoms with Gasteiger partial charge in [0.15, 0.2) is 0 Å². The molecule has 0 aliphatic carbocycles. The van der Waals surface area contributed by atoms with Crippen molar-refractivity contribution in [2.45, 2.75) is 39.0 Å². The molecule has 0 atom stereocenters. The van der Waals surface area contributed by atoms with Crippen LogP contribution in [0.25, 0.3) is 0 Å². The van der Waals surface area contributed by atoms with Crippen LogP contribution in [0.5, 0.6) is 0 Å². The van der Waals surface area contributed by atoms with Crippen LogP contribution < -0.4 is 0 Å². The zero-order valence-electron chi connectivity index (χ0n) is 5.74. The molecule has 0 nitrogen and oxygen atoms in total. The van der Waals surface area contributed by atoms with E-state index in [0.717, 1.165) is 6.42 Å². The maximum Gasteiger partial charge on any atom is 0 e. The Morgan fingerprint density at radius 3 is 2.12 bits per heavy atom. The molecule has 0 radical (unpaired) electrons. The Labute approximate surface area is 67.9 Å². The molecule has 0 aromatic rings. The summed E-state index contributed by atoms with van der Waals surface area (Å²) in [5.41, 5.74) is 0. The quantitative estimate of drug-likeness (QED) is 0.326. The van der Waals surface area contributed by atoms with E-state index in [1.807, 2.05) is 0 Å². The van der Waals surface area contributed by atoms with Crippen molar-refractivity contribution in [3.8, 4) is 0 Å². The Balaban J connectivity index is 0. The molecular formula is C7H15Ti-. The van der Waals surface area contributed by atoms with Gasteiger partial charge in [0, 0.05) is 21.7 Å². The molecule has 0 spiro atoms. The van der Waals surface area contributed by atoms with Gasteiger partial charge in [-0.3, -0.25) is 0 Å². The molecule has 0 aliphatic rings. The molecule has 0 fully saturated rings. The Kier molecular flexibility index (Phi) is 15.3. The van der Waals surface area contributed by atoms with Crippen LogP contribution in [0, 0.1) is 6.92 Å². The first kappa shape index (κ1) is 11.5. The van der Waals surface area contributed by atoms with E-state index in [1.165, 1.54) is 25.7 Å². The van der Waals surface area contributed by atoms with Gasteiger partial charge in [0.05, 0.1) is 0 Å². The smallest absolute Gasteiger partial charge is 0 e. The molecule has 0 saturated heterocycles. The number of rotatable bonds is 4. The van der Waals surface area contributed by atoms with Crippen molar-refractivity contribution >= 4 is 0 Å². The minimum Gasteiger partial charge on any atom is -0.343 e. The summed E-state index contributed by atoms with van der Waals surface area (Å²) in [6, 6.07) is 0. The summed E-state index contributed by atoms with van der Waals surface area (Å²) >= 11 is 0. The SMILES string of the molecule is [CH2-]CCCCCC.[Ti]. The van der Waals surface area contributed by atoms with Crippen LogP contribution in [0.4, 0.5) is 0 Å². The van der Waals surface area contributed by atoms with Gasteiger partial charge >= 0.3 is 0 Å². The number of hydrogen-bond donors (Lipinski definition) is 0. The molecule has 0 aliphatic heterocycles. The second-order valence-corrected chi connectivity index (χ2v) is 1.91. The third-order valence-corrected chi connectivity index (χ3v) is 1.10. The van der Waals surface area contributed by atoms with Gasteiger partial charge in [0.1, 0.15) is 0 Å². The first-order valence-electron chi connectivity index (χ1n) is 3.21. The molecule has 0 heterocycles. The third-order valence-electron chi connectivity index (χ3n) is 1.10. The molecule has 0 amide bonds. The monoisotopic (exact) mass is 147 g/mol. The summed E-state index contributed by atoms with van der Waals surface area (Å²) in [7, 11) is 0. The van der Waals surface area contributed by atoms with Crippen molar-refractivity contribution in [2.24, 2.45) is 0 Å². The summed E-state index contributed by atoms with van der Waals surface area (Å²) in [5.74, 6) is 0. The minimum atomic E-state index is 0. The van der Waals surface area contributed by atoms with E-state index in [1.54, 1.807) is 0 Å². The summed E-state index contributed by atoms with van der Waals surface area (Å²) in [4.78, 5) is 0. The minimum absolute atomic E-state index is 0. The summed E-state index contributed by atoms with van der Waals surface area (Å²) in [6.45, 7) is 5.98. The maximum atomic E-state index is 3.76. The van der Waals surface area contributed by atoms with Gasteiger partial charge in [-0.05, 0) is 0 Å². The first-order valence-corrected chi connectivity index (χ1v) is 3.21. The molecule has 0 N–H and O–H groups in total. The molecule has 0 bridgehead atoms. The Hall–Kier alpha value is 0.714. The molecular weight excluding hydrogens is 132 g/mol. The third kappa shape index (κ3) is 9.86. The predicted molar refractivity (Wildman–Crippen MR) is 34.1 cm³/mol. The van der Waals surface area contributed by atoms with E-state index in [9.17, 15) is 0 Å². The molecule has 0 saturated carbocycles. The number of unbranched alkanes of at least 4 members (excludes halogenated alkanes) is 4. The van der Waals surface area contributed by atoms with Crippen LogP contribution in [0.2, 0.25) is 0 Å². The van der Waals surface area contributed by atoms with Gasteiger partial charge in [-0.1, -0.05) is 32.6 Å². The van der Waals surface area contributed by atoms with Crippen molar-refractivity contribution in [1.29, 1.82) is 0 Å². The molecule has 8 heavy (non-hydrogen) atoms. The van der Waals surface area contributed by atoms with Gasteiger partial charge < -0.3 is 6.92 Å². The Morgan fingerprint density at radius 1 is 1.12 bits per heavy atom. The van der Waals surface area contributed by atoms with E-state index in [-0.39, 0.29) is 21.7 Å². The van der Waals surface area contributed by atoms with E-state index < -0.39 is 0 Å². The molecule has 0 aromatic heterocycles. The standard InChI is InChI=1S/C7H15.Ti/c1-3-5-7-6-4-2;/h1,3-7H2,2H3;/q-1;. The van der Waals surface area contributed by atoms with E-state index in [0.29, 0.717) is 0 Å². The second kappa shape index (κ2) is 10.7. The molecule has 1 heteroatoms. The fourth-order valence-corrected chi connectivity index (χ4v) is 0.604. The first-order chi connectivity index (χ1) is 3.41. The van der Waals surface area contributed by atoms with Crippen molar-refractivity contribution in [2.75, 3.05) is 0 Å². The van der Waals surface area contributed by atoms with Gasteiger partial charge in [-0.25, -0.2) is 0 Å². The van der Waals surface area contributed by atoms with Crippen molar-refractivity contribution in [3.05, 3.63) is 6.92 Å². The number of hydrogen-bond acceptors (Lipinski definition) is 0. The van der Waals surface area contributed by atoms with Crippen LogP contribution in [0.1, 0.15) is 39.0 Å². The van der Waals surface area contributed by atoms with Gasteiger partial charge in [0.25, 0.3) is 0 Å². The van der Waals surface area contributed by atoms with Crippen LogP contribution in [-0.2, 0) is 21.7 Å².